The second kappa shape index (κ2) is 8.49. The monoisotopic (exact) mass is 371 g/mol. The molecule has 1 aromatic carbocycles. The van der Waals surface area contributed by atoms with Crippen LogP contribution >= 0.6 is 11.3 Å². The van der Waals surface area contributed by atoms with E-state index < -0.39 is 0 Å². The highest BCUT2D eigenvalue weighted by molar-refractivity contribution is 7.17. The zero-order chi connectivity index (χ0) is 18.5. The van der Waals surface area contributed by atoms with Crippen LogP contribution < -0.4 is 5.32 Å². The quantitative estimate of drug-likeness (QED) is 0.758. The lowest BCUT2D eigenvalue weighted by atomic mass is 9.95. The summed E-state index contributed by atoms with van der Waals surface area (Å²) in [6, 6.07) is 8.08. The first-order valence-corrected chi connectivity index (χ1v) is 10.1. The molecule has 3 rings (SSSR count). The summed E-state index contributed by atoms with van der Waals surface area (Å²) < 4.78 is 5.23. The molecule has 0 fully saturated rings. The third-order valence-electron chi connectivity index (χ3n) is 4.70. The van der Waals surface area contributed by atoms with Crippen molar-refractivity contribution in [1.82, 2.24) is 0 Å². The van der Waals surface area contributed by atoms with Gasteiger partial charge in [-0.3, -0.25) is 4.79 Å². The molecule has 1 heterocycles. The number of rotatable bonds is 6. The third-order valence-corrected chi connectivity index (χ3v) is 5.91. The van der Waals surface area contributed by atoms with Crippen molar-refractivity contribution < 1.29 is 14.3 Å². The summed E-state index contributed by atoms with van der Waals surface area (Å²) >= 11 is 1.53. The molecule has 138 valence electrons. The maximum absolute atomic E-state index is 12.5. The van der Waals surface area contributed by atoms with Crippen LogP contribution in [0.15, 0.2) is 24.3 Å². The van der Waals surface area contributed by atoms with Gasteiger partial charge in [-0.25, -0.2) is 4.79 Å². The standard InChI is InChI=1S/C21H25NO3S/c1-3-14-9-11-15(12-10-14)13-18(23)22-20-19(21(24)25-4-2)16-7-5-6-8-17(16)26-20/h9-12H,3-8,13H2,1-2H3,(H,22,23). The van der Waals surface area contributed by atoms with E-state index in [-0.39, 0.29) is 11.9 Å². The number of carbonyl (C=O) groups is 2. The van der Waals surface area contributed by atoms with E-state index in [2.05, 4.69) is 24.4 Å². The van der Waals surface area contributed by atoms with Crippen LogP contribution in [0.2, 0.25) is 0 Å². The number of nitrogens with one attached hydrogen (secondary N) is 1. The number of amides is 1. The molecule has 1 aromatic heterocycles. The van der Waals surface area contributed by atoms with Crippen LogP contribution in [0.4, 0.5) is 5.00 Å². The molecule has 1 aliphatic carbocycles. The van der Waals surface area contributed by atoms with Gasteiger partial charge in [0.15, 0.2) is 0 Å². The largest absolute Gasteiger partial charge is 0.462 e. The Balaban J connectivity index is 1.78. The molecule has 0 unspecified atom stereocenters. The summed E-state index contributed by atoms with van der Waals surface area (Å²) in [5.74, 6) is -0.423. The van der Waals surface area contributed by atoms with Crippen LogP contribution in [0.25, 0.3) is 0 Å². The van der Waals surface area contributed by atoms with Gasteiger partial charge in [-0.15, -0.1) is 11.3 Å². The molecule has 0 saturated heterocycles. The highest BCUT2D eigenvalue weighted by Gasteiger charge is 2.27. The lowest BCUT2D eigenvalue weighted by Crippen LogP contribution is -2.17. The van der Waals surface area contributed by atoms with E-state index in [1.54, 1.807) is 6.92 Å². The van der Waals surface area contributed by atoms with Gasteiger partial charge in [-0.1, -0.05) is 31.2 Å². The van der Waals surface area contributed by atoms with Gasteiger partial charge >= 0.3 is 5.97 Å². The van der Waals surface area contributed by atoms with Crippen molar-refractivity contribution in [2.75, 3.05) is 11.9 Å². The zero-order valence-corrected chi connectivity index (χ0v) is 16.2. The molecular weight excluding hydrogens is 346 g/mol. The van der Waals surface area contributed by atoms with Crippen LogP contribution in [0, 0.1) is 0 Å². The molecule has 1 N–H and O–H groups in total. The summed E-state index contributed by atoms with van der Waals surface area (Å²) in [6.45, 7) is 4.24. The van der Waals surface area contributed by atoms with Crippen molar-refractivity contribution in [3.05, 3.63) is 51.4 Å². The molecule has 1 amide bonds. The van der Waals surface area contributed by atoms with Crippen LogP contribution in [-0.2, 0) is 35.2 Å². The summed E-state index contributed by atoms with van der Waals surface area (Å²) in [5, 5.41) is 3.61. The van der Waals surface area contributed by atoms with E-state index in [1.807, 2.05) is 12.1 Å². The van der Waals surface area contributed by atoms with Crippen molar-refractivity contribution in [2.24, 2.45) is 0 Å². The summed E-state index contributed by atoms with van der Waals surface area (Å²) in [7, 11) is 0. The summed E-state index contributed by atoms with van der Waals surface area (Å²) in [5.41, 5.74) is 3.87. The van der Waals surface area contributed by atoms with Gasteiger partial charge in [0.1, 0.15) is 5.00 Å². The molecule has 0 bridgehead atoms. The molecule has 0 spiro atoms. The minimum absolute atomic E-state index is 0.0987. The number of hydrogen-bond donors (Lipinski definition) is 1. The van der Waals surface area contributed by atoms with Gasteiger partial charge in [-0.2, -0.15) is 0 Å². The zero-order valence-electron chi connectivity index (χ0n) is 15.4. The predicted molar refractivity (Wildman–Crippen MR) is 105 cm³/mol. The molecule has 2 aromatic rings. The molecule has 5 heteroatoms. The van der Waals surface area contributed by atoms with Crippen molar-refractivity contribution in [2.45, 2.75) is 52.4 Å². The number of benzene rings is 1. The Kier molecular flexibility index (Phi) is 6.09. The first-order chi connectivity index (χ1) is 12.6. The summed E-state index contributed by atoms with van der Waals surface area (Å²) in [4.78, 5) is 26.2. The number of ether oxygens (including phenoxy) is 1. The lowest BCUT2D eigenvalue weighted by molar-refractivity contribution is -0.115. The van der Waals surface area contributed by atoms with Gasteiger partial charge in [0.25, 0.3) is 0 Å². The average molecular weight is 372 g/mol. The number of thiophene rings is 1. The number of hydrogen-bond acceptors (Lipinski definition) is 4. The SMILES string of the molecule is CCOC(=O)c1c(NC(=O)Cc2ccc(CC)cc2)sc2c1CCCC2. The highest BCUT2D eigenvalue weighted by Crippen LogP contribution is 2.38. The van der Waals surface area contributed by atoms with Gasteiger partial charge in [0.05, 0.1) is 18.6 Å². The maximum atomic E-state index is 12.5. The molecule has 1 aliphatic rings. The normalized spacial score (nSPS) is 13.2. The van der Waals surface area contributed by atoms with Crippen LogP contribution in [0.5, 0.6) is 0 Å². The van der Waals surface area contributed by atoms with E-state index in [0.717, 1.165) is 43.2 Å². The van der Waals surface area contributed by atoms with Crippen molar-refractivity contribution in [3.63, 3.8) is 0 Å². The van der Waals surface area contributed by atoms with Gasteiger partial charge in [0.2, 0.25) is 5.91 Å². The Morgan fingerprint density at radius 3 is 2.46 bits per heavy atom. The maximum Gasteiger partial charge on any atom is 0.341 e. The Bertz CT molecular complexity index is 792. The van der Waals surface area contributed by atoms with Crippen molar-refractivity contribution >= 4 is 28.2 Å². The van der Waals surface area contributed by atoms with Crippen LogP contribution in [-0.4, -0.2) is 18.5 Å². The van der Waals surface area contributed by atoms with E-state index in [4.69, 9.17) is 4.74 Å². The second-order valence-corrected chi connectivity index (χ2v) is 7.64. The first-order valence-electron chi connectivity index (χ1n) is 9.31. The Labute approximate surface area is 158 Å². The number of fused-ring (bicyclic) bond motifs is 1. The van der Waals surface area contributed by atoms with Crippen molar-refractivity contribution in [1.29, 1.82) is 0 Å². The molecule has 0 aliphatic heterocycles. The Morgan fingerprint density at radius 1 is 1.08 bits per heavy atom. The van der Waals surface area contributed by atoms with Crippen LogP contribution in [0.3, 0.4) is 0 Å². The van der Waals surface area contributed by atoms with Gasteiger partial charge in [0, 0.05) is 4.88 Å². The van der Waals surface area contributed by atoms with E-state index in [1.165, 1.54) is 21.8 Å². The molecule has 26 heavy (non-hydrogen) atoms. The van der Waals surface area contributed by atoms with Crippen LogP contribution in [0.1, 0.15) is 58.6 Å². The second-order valence-electron chi connectivity index (χ2n) is 6.53. The third kappa shape index (κ3) is 4.15. The fourth-order valence-corrected chi connectivity index (χ4v) is 4.62. The molecule has 0 radical (unpaired) electrons. The van der Waals surface area contributed by atoms with Gasteiger partial charge in [-0.05, 0) is 55.7 Å². The molecule has 4 nitrogen and oxygen atoms in total. The predicted octanol–water partition coefficient (Wildman–Crippen LogP) is 4.55. The Morgan fingerprint density at radius 2 is 1.77 bits per heavy atom. The molecular formula is C21H25NO3S. The summed E-state index contributed by atoms with van der Waals surface area (Å²) in [6.07, 6.45) is 5.35. The first kappa shape index (κ1) is 18.6. The smallest absolute Gasteiger partial charge is 0.341 e. The Hall–Kier alpha value is -2.14. The van der Waals surface area contributed by atoms with E-state index >= 15 is 0 Å². The van der Waals surface area contributed by atoms with E-state index in [9.17, 15) is 9.59 Å². The lowest BCUT2D eigenvalue weighted by Gasteiger charge is -2.12. The minimum Gasteiger partial charge on any atom is -0.462 e. The molecule has 0 atom stereocenters. The number of esters is 1. The highest BCUT2D eigenvalue weighted by atomic mass is 32.1. The van der Waals surface area contributed by atoms with E-state index in [0.29, 0.717) is 23.6 Å². The van der Waals surface area contributed by atoms with Gasteiger partial charge < -0.3 is 10.1 Å². The fraction of sp³-hybridized carbons (Fsp3) is 0.429. The molecule has 0 saturated carbocycles. The van der Waals surface area contributed by atoms with Crippen molar-refractivity contribution in [3.8, 4) is 0 Å². The number of aryl methyl sites for hydroxylation is 2. The topological polar surface area (TPSA) is 55.4 Å². The average Bonchev–Trinajstić information content (AvgIpc) is 3.00. The minimum atomic E-state index is -0.325. The number of anilines is 1. The number of carbonyl (C=O) groups excluding carboxylic acids is 2. The fourth-order valence-electron chi connectivity index (χ4n) is 3.32.